The number of halogens is 2. The van der Waals surface area contributed by atoms with Crippen LogP contribution in [0.1, 0.15) is 5.56 Å². The number of imidazole rings is 1. The molecule has 2 aromatic heterocycles. The molecule has 28 heavy (non-hydrogen) atoms. The molecule has 0 saturated heterocycles. The monoisotopic (exact) mass is 413 g/mol. The Morgan fingerprint density at radius 3 is 2.54 bits per heavy atom. The summed E-state index contributed by atoms with van der Waals surface area (Å²) in [6.07, 6.45) is 3.20. The number of hydrogen-bond donors (Lipinski definition) is 0. The zero-order chi connectivity index (χ0) is 19.7. The van der Waals surface area contributed by atoms with Crippen LogP contribution in [0.3, 0.4) is 0 Å². The fourth-order valence-electron chi connectivity index (χ4n) is 2.75. The quantitative estimate of drug-likeness (QED) is 0.306. The first-order valence-electron chi connectivity index (χ1n) is 8.30. The number of pyridine rings is 1. The molecular formula is C20H13Cl2N3O3. The van der Waals surface area contributed by atoms with Gasteiger partial charge in [0.1, 0.15) is 18.0 Å². The third kappa shape index (κ3) is 3.78. The van der Waals surface area contributed by atoms with E-state index in [1.165, 1.54) is 12.3 Å². The molecule has 8 heteroatoms. The highest BCUT2D eigenvalue weighted by atomic mass is 35.5. The second kappa shape index (κ2) is 7.50. The molecule has 0 fully saturated rings. The maximum atomic E-state index is 10.9. The molecule has 0 spiro atoms. The molecule has 4 rings (SSSR count). The van der Waals surface area contributed by atoms with Crippen molar-refractivity contribution >= 4 is 34.5 Å². The van der Waals surface area contributed by atoms with Crippen LogP contribution in [-0.4, -0.2) is 14.3 Å². The van der Waals surface area contributed by atoms with E-state index in [0.29, 0.717) is 33.7 Å². The van der Waals surface area contributed by atoms with Gasteiger partial charge in [0.05, 0.1) is 16.8 Å². The minimum Gasteiger partial charge on any atom is -0.489 e. The van der Waals surface area contributed by atoms with E-state index in [9.17, 15) is 10.1 Å². The van der Waals surface area contributed by atoms with Crippen molar-refractivity contribution in [2.24, 2.45) is 0 Å². The van der Waals surface area contributed by atoms with Gasteiger partial charge in [-0.05, 0) is 42.5 Å². The maximum absolute atomic E-state index is 10.9. The van der Waals surface area contributed by atoms with Gasteiger partial charge in [-0.2, -0.15) is 0 Å². The van der Waals surface area contributed by atoms with Crippen LogP contribution >= 0.6 is 23.2 Å². The van der Waals surface area contributed by atoms with E-state index in [1.807, 2.05) is 30.3 Å². The van der Waals surface area contributed by atoms with Crippen LogP contribution in [-0.2, 0) is 6.61 Å². The molecule has 0 N–H and O–H groups in total. The molecular weight excluding hydrogens is 401 g/mol. The predicted molar refractivity (Wildman–Crippen MR) is 108 cm³/mol. The van der Waals surface area contributed by atoms with Gasteiger partial charge in [0.25, 0.3) is 5.69 Å². The molecule has 6 nitrogen and oxygen atoms in total. The third-order valence-corrected chi connectivity index (χ3v) is 4.79. The first kappa shape index (κ1) is 18.3. The first-order chi connectivity index (χ1) is 13.5. The predicted octanol–water partition coefficient (Wildman–Crippen LogP) is 5.80. The number of fused-ring (bicyclic) bond motifs is 1. The van der Waals surface area contributed by atoms with E-state index in [2.05, 4.69) is 4.98 Å². The van der Waals surface area contributed by atoms with Crippen LogP contribution in [0.4, 0.5) is 5.69 Å². The van der Waals surface area contributed by atoms with E-state index in [-0.39, 0.29) is 5.69 Å². The number of nitrogens with zero attached hydrogens (tertiary/aromatic N) is 3. The summed E-state index contributed by atoms with van der Waals surface area (Å²) in [5, 5.41) is 12.0. The summed E-state index contributed by atoms with van der Waals surface area (Å²) in [4.78, 5) is 15.0. The van der Waals surface area contributed by atoms with Crippen molar-refractivity contribution in [2.45, 2.75) is 6.61 Å². The summed E-state index contributed by atoms with van der Waals surface area (Å²) in [5.41, 5.74) is 3.09. The average Bonchev–Trinajstić information content (AvgIpc) is 3.11. The lowest BCUT2D eigenvalue weighted by Gasteiger charge is -2.08. The molecule has 0 unspecified atom stereocenters. The molecule has 0 saturated carbocycles. The molecule has 0 aliphatic rings. The summed E-state index contributed by atoms with van der Waals surface area (Å²) < 4.78 is 7.42. The Labute approximate surface area is 170 Å². The van der Waals surface area contributed by atoms with Gasteiger partial charge in [0, 0.05) is 33.4 Å². The molecule has 2 heterocycles. The van der Waals surface area contributed by atoms with E-state index in [0.717, 1.165) is 11.1 Å². The lowest BCUT2D eigenvalue weighted by Crippen LogP contribution is -1.96. The highest BCUT2D eigenvalue weighted by molar-refractivity contribution is 6.35. The maximum Gasteiger partial charge on any atom is 0.286 e. The van der Waals surface area contributed by atoms with Crippen LogP contribution in [0.15, 0.2) is 67.0 Å². The molecule has 0 bridgehead atoms. The third-order valence-electron chi connectivity index (χ3n) is 4.21. The molecule has 0 radical (unpaired) electrons. The van der Waals surface area contributed by atoms with Crippen molar-refractivity contribution in [2.75, 3.05) is 0 Å². The Balaban J connectivity index is 1.51. The summed E-state index contributed by atoms with van der Waals surface area (Å²) in [6.45, 7) is 0.327. The molecule has 2 aromatic carbocycles. The fourth-order valence-corrected chi connectivity index (χ4v) is 3.21. The minimum atomic E-state index is -0.432. The lowest BCUT2D eigenvalue weighted by atomic mass is 10.1. The number of hydrogen-bond acceptors (Lipinski definition) is 4. The number of ether oxygens (including phenoxy) is 1. The van der Waals surface area contributed by atoms with Gasteiger partial charge in [-0.1, -0.05) is 29.3 Å². The fraction of sp³-hybridized carbons (Fsp3) is 0.0500. The second-order valence-electron chi connectivity index (χ2n) is 6.08. The van der Waals surface area contributed by atoms with Crippen molar-refractivity contribution in [1.29, 1.82) is 0 Å². The standard InChI is InChI=1S/C20H13Cl2N3O3/c21-15-4-1-14(18(22)9-15)12-28-17-6-2-13(3-7-17)19-11-24-10-16(25(26)27)5-8-20(24)23-19/h1-11H,12H2. The summed E-state index contributed by atoms with van der Waals surface area (Å²) in [7, 11) is 0. The van der Waals surface area contributed by atoms with Gasteiger partial charge < -0.3 is 4.74 Å². The van der Waals surface area contributed by atoms with E-state index in [1.54, 1.807) is 28.8 Å². The van der Waals surface area contributed by atoms with Crippen molar-refractivity contribution < 1.29 is 9.66 Å². The van der Waals surface area contributed by atoms with Gasteiger partial charge in [0.2, 0.25) is 0 Å². The summed E-state index contributed by atoms with van der Waals surface area (Å²) in [5.74, 6) is 0.689. The van der Waals surface area contributed by atoms with Crippen LogP contribution in [0.25, 0.3) is 16.9 Å². The summed E-state index contributed by atoms with van der Waals surface area (Å²) in [6, 6.07) is 15.8. The molecule has 140 valence electrons. The van der Waals surface area contributed by atoms with Crippen molar-refractivity contribution in [1.82, 2.24) is 9.38 Å². The van der Waals surface area contributed by atoms with Crippen LogP contribution in [0.5, 0.6) is 5.75 Å². The molecule has 0 aliphatic heterocycles. The second-order valence-corrected chi connectivity index (χ2v) is 6.93. The van der Waals surface area contributed by atoms with Gasteiger partial charge in [-0.25, -0.2) is 4.98 Å². The molecule has 0 amide bonds. The number of rotatable bonds is 5. The van der Waals surface area contributed by atoms with E-state index in [4.69, 9.17) is 27.9 Å². The largest absolute Gasteiger partial charge is 0.489 e. The average molecular weight is 414 g/mol. The zero-order valence-corrected chi connectivity index (χ0v) is 15.9. The topological polar surface area (TPSA) is 69.7 Å². The molecule has 0 aliphatic carbocycles. The van der Waals surface area contributed by atoms with E-state index >= 15 is 0 Å². The summed E-state index contributed by atoms with van der Waals surface area (Å²) >= 11 is 12.1. The highest BCUT2D eigenvalue weighted by Crippen LogP contribution is 2.25. The Morgan fingerprint density at radius 1 is 1.04 bits per heavy atom. The number of aromatic nitrogens is 2. The van der Waals surface area contributed by atoms with E-state index < -0.39 is 4.92 Å². The van der Waals surface area contributed by atoms with Gasteiger partial charge in [0.15, 0.2) is 0 Å². The first-order valence-corrected chi connectivity index (χ1v) is 9.05. The number of nitro groups is 1. The van der Waals surface area contributed by atoms with Gasteiger partial charge in [-0.3, -0.25) is 14.5 Å². The Hall–Kier alpha value is -3.09. The van der Waals surface area contributed by atoms with Gasteiger partial charge in [-0.15, -0.1) is 0 Å². The normalized spacial score (nSPS) is 10.9. The Kier molecular flexibility index (Phi) is 4.90. The van der Waals surface area contributed by atoms with Crippen molar-refractivity contribution in [3.8, 4) is 17.0 Å². The smallest absolute Gasteiger partial charge is 0.286 e. The Morgan fingerprint density at radius 2 is 1.82 bits per heavy atom. The van der Waals surface area contributed by atoms with Crippen LogP contribution in [0.2, 0.25) is 10.0 Å². The van der Waals surface area contributed by atoms with Crippen molar-refractivity contribution in [3.05, 3.63) is 92.7 Å². The Bertz CT molecular complexity index is 1170. The van der Waals surface area contributed by atoms with Crippen molar-refractivity contribution in [3.63, 3.8) is 0 Å². The van der Waals surface area contributed by atoms with Gasteiger partial charge >= 0.3 is 0 Å². The van der Waals surface area contributed by atoms with Crippen LogP contribution in [0, 0.1) is 10.1 Å². The molecule has 4 aromatic rings. The SMILES string of the molecule is O=[N+]([O-])c1ccc2nc(-c3ccc(OCc4ccc(Cl)cc4Cl)cc3)cn2c1. The zero-order valence-electron chi connectivity index (χ0n) is 14.4. The minimum absolute atomic E-state index is 0.0149. The molecule has 0 atom stereocenters. The highest BCUT2D eigenvalue weighted by Gasteiger charge is 2.10. The number of benzene rings is 2. The lowest BCUT2D eigenvalue weighted by molar-refractivity contribution is -0.385. The van der Waals surface area contributed by atoms with Crippen LogP contribution < -0.4 is 4.74 Å².